The molecule has 0 aromatic heterocycles. The third-order valence-electron chi connectivity index (χ3n) is 2.83. The van der Waals surface area contributed by atoms with Gasteiger partial charge in [0.2, 0.25) is 0 Å². The lowest BCUT2D eigenvalue weighted by Crippen LogP contribution is -2.07. The third-order valence-corrected chi connectivity index (χ3v) is 4.39. The minimum absolute atomic E-state index is 0.0821. The van der Waals surface area contributed by atoms with E-state index in [4.69, 9.17) is 9.47 Å². The number of methoxy groups -OCH3 is 2. The van der Waals surface area contributed by atoms with Crippen molar-refractivity contribution in [2.75, 3.05) is 14.2 Å². The first-order chi connectivity index (χ1) is 9.58. The van der Waals surface area contributed by atoms with E-state index in [0.717, 1.165) is 3.57 Å². The summed E-state index contributed by atoms with van der Waals surface area (Å²) in [6, 6.07) is 10.9. The molecule has 0 radical (unpaired) electrons. The second-order valence-corrected chi connectivity index (χ2v) is 6.01. The molecule has 0 amide bonds. The molecule has 0 heterocycles. The highest BCUT2D eigenvalue weighted by Gasteiger charge is 2.21. The van der Waals surface area contributed by atoms with Gasteiger partial charge in [0.1, 0.15) is 11.5 Å². The quantitative estimate of drug-likeness (QED) is 0.518. The molecule has 104 valence electrons. The zero-order valence-corrected chi connectivity index (χ0v) is 14.7. The highest BCUT2D eigenvalue weighted by atomic mass is 127. The number of carbonyl (C=O) groups is 1. The van der Waals surface area contributed by atoms with Crippen molar-refractivity contribution in [3.8, 4) is 11.5 Å². The third kappa shape index (κ3) is 2.98. The van der Waals surface area contributed by atoms with Crippen LogP contribution in [0.3, 0.4) is 0 Å². The largest absolute Gasteiger partial charge is 0.497 e. The van der Waals surface area contributed by atoms with E-state index in [-0.39, 0.29) is 5.78 Å². The first kappa shape index (κ1) is 15.3. The predicted molar refractivity (Wildman–Crippen MR) is 89.8 cm³/mol. The van der Waals surface area contributed by atoms with Crippen LogP contribution in [0.25, 0.3) is 0 Å². The molecule has 2 rings (SSSR count). The Morgan fingerprint density at radius 2 is 1.85 bits per heavy atom. The summed E-state index contributed by atoms with van der Waals surface area (Å²) in [5.74, 6) is 1.04. The SMILES string of the molecule is COc1cc(Br)c(C(=O)c2ccccc2I)c(OC)c1. The molecule has 0 fully saturated rings. The number of ketones is 1. The summed E-state index contributed by atoms with van der Waals surface area (Å²) in [6.07, 6.45) is 0. The maximum Gasteiger partial charge on any atom is 0.198 e. The molecule has 0 aliphatic rings. The van der Waals surface area contributed by atoms with Crippen molar-refractivity contribution < 1.29 is 14.3 Å². The molecule has 0 saturated carbocycles. The fourth-order valence-corrected chi connectivity index (χ4v) is 3.07. The molecular formula is C15H12BrIO3. The van der Waals surface area contributed by atoms with Crippen molar-refractivity contribution in [2.24, 2.45) is 0 Å². The highest BCUT2D eigenvalue weighted by molar-refractivity contribution is 14.1. The normalized spacial score (nSPS) is 10.2. The number of hydrogen-bond acceptors (Lipinski definition) is 3. The van der Waals surface area contributed by atoms with Crippen LogP contribution in [0.4, 0.5) is 0 Å². The van der Waals surface area contributed by atoms with Gasteiger partial charge in [-0.25, -0.2) is 0 Å². The first-order valence-corrected chi connectivity index (χ1v) is 7.66. The summed E-state index contributed by atoms with van der Waals surface area (Å²) in [5.41, 5.74) is 1.15. The molecule has 3 nitrogen and oxygen atoms in total. The van der Waals surface area contributed by atoms with Gasteiger partial charge >= 0.3 is 0 Å². The molecule has 0 aliphatic heterocycles. The van der Waals surface area contributed by atoms with E-state index in [1.807, 2.05) is 18.2 Å². The summed E-state index contributed by atoms with van der Waals surface area (Å²) in [7, 11) is 3.11. The average Bonchev–Trinajstić information content (AvgIpc) is 2.46. The summed E-state index contributed by atoms with van der Waals surface area (Å²) < 4.78 is 12.1. The van der Waals surface area contributed by atoms with Gasteiger partial charge in [-0.05, 0) is 56.7 Å². The van der Waals surface area contributed by atoms with Crippen LogP contribution >= 0.6 is 38.5 Å². The zero-order valence-electron chi connectivity index (χ0n) is 10.9. The van der Waals surface area contributed by atoms with E-state index in [2.05, 4.69) is 38.5 Å². The Labute approximate surface area is 139 Å². The van der Waals surface area contributed by atoms with E-state index in [0.29, 0.717) is 27.1 Å². The average molecular weight is 447 g/mol. The second-order valence-electron chi connectivity index (χ2n) is 4.00. The van der Waals surface area contributed by atoms with E-state index < -0.39 is 0 Å². The van der Waals surface area contributed by atoms with Gasteiger partial charge in [0.25, 0.3) is 0 Å². The molecule has 0 bridgehead atoms. The molecule has 5 heteroatoms. The van der Waals surface area contributed by atoms with Crippen molar-refractivity contribution in [1.29, 1.82) is 0 Å². The molecule has 2 aromatic rings. The van der Waals surface area contributed by atoms with E-state index in [1.54, 1.807) is 25.3 Å². The van der Waals surface area contributed by atoms with Crippen molar-refractivity contribution in [2.45, 2.75) is 0 Å². The van der Waals surface area contributed by atoms with Crippen LogP contribution in [-0.2, 0) is 0 Å². The van der Waals surface area contributed by atoms with Gasteiger partial charge in [0.15, 0.2) is 5.78 Å². The minimum Gasteiger partial charge on any atom is -0.497 e. The lowest BCUT2D eigenvalue weighted by Gasteiger charge is -2.12. The molecule has 0 atom stereocenters. The lowest BCUT2D eigenvalue weighted by atomic mass is 10.0. The number of benzene rings is 2. The molecule has 0 saturated heterocycles. The monoisotopic (exact) mass is 446 g/mol. The predicted octanol–water partition coefficient (Wildman–Crippen LogP) is 4.30. The van der Waals surface area contributed by atoms with Crippen LogP contribution in [0.1, 0.15) is 15.9 Å². The Balaban J connectivity index is 2.58. The van der Waals surface area contributed by atoms with Gasteiger partial charge < -0.3 is 9.47 Å². The lowest BCUT2D eigenvalue weighted by molar-refractivity contribution is 0.103. The van der Waals surface area contributed by atoms with Crippen LogP contribution < -0.4 is 9.47 Å². The summed E-state index contributed by atoms with van der Waals surface area (Å²) in [5, 5.41) is 0. The van der Waals surface area contributed by atoms with Crippen molar-refractivity contribution in [3.05, 3.63) is 55.6 Å². The number of halogens is 2. The summed E-state index contributed by atoms with van der Waals surface area (Å²) in [6.45, 7) is 0. The van der Waals surface area contributed by atoms with Gasteiger partial charge in [-0.15, -0.1) is 0 Å². The van der Waals surface area contributed by atoms with Crippen LogP contribution in [-0.4, -0.2) is 20.0 Å². The topological polar surface area (TPSA) is 35.5 Å². The summed E-state index contributed by atoms with van der Waals surface area (Å²) >= 11 is 5.57. The van der Waals surface area contributed by atoms with E-state index in [1.165, 1.54) is 7.11 Å². The van der Waals surface area contributed by atoms with E-state index >= 15 is 0 Å². The fourth-order valence-electron chi connectivity index (χ4n) is 1.84. The van der Waals surface area contributed by atoms with Gasteiger partial charge in [0, 0.05) is 19.7 Å². The van der Waals surface area contributed by atoms with Gasteiger partial charge in [-0.3, -0.25) is 4.79 Å². The van der Waals surface area contributed by atoms with Gasteiger partial charge in [-0.2, -0.15) is 0 Å². The zero-order chi connectivity index (χ0) is 14.7. The molecule has 0 spiro atoms. The summed E-state index contributed by atoms with van der Waals surface area (Å²) in [4.78, 5) is 12.7. The molecule has 2 aromatic carbocycles. The van der Waals surface area contributed by atoms with Crippen LogP contribution in [0.15, 0.2) is 40.9 Å². The van der Waals surface area contributed by atoms with Crippen molar-refractivity contribution in [1.82, 2.24) is 0 Å². The number of hydrogen-bond donors (Lipinski definition) is 0. The molecule has 20 heavy (non-hydrogen) atoms. The minimum atomic E-state index is -0.0821. The number of ether oxygens (including phenoxy) is 2. The fraction of sp³-hybridized carbons (Fsp3) is 0.133. The highest BCUT2D eigenvalue weighted by Crippen LogP contribution is 2.34. The Morgan fingerprint density at radius 3 is 2.45 bits per heavy atom. The Bertz CT molecular complexity index is 656. The van der Waals surface area contributed by atoms with Crippen LogP contribution in [0.2, 0.25) is 0 Å². The molecule has 0 unspecified atom stereocenters. The standard InChI is InChI=1S/C15H12BrIO3/c1-19-9-7-11(16)14(13(8-9)20-2)15(18)10-5-3-4-6-12(10)17/h3-8H,1-2H3. The second kappa shape index (κ2) is 6.58. The van der Waals surface area contributed by atoms with Gasteiger partial charge in [-0.1, -0.05) is 12.1 Å². The number of rotatable bonds is 4. The van der Waals surface area contributed by atoms with Crippen molar-refractivity contribution >= 4 is 44.3 Å². The molecular weight excluding hydrogens is 435 g/mol. The maximum atomic E-state index is 12.7. The Kier molecular flexibility index (Phi) is 5.04. The molecule has 0 N–H and O–H groups in total. The Morgan fingerprint density at radius 1 is 1.15 bits per heavy atom. The molecule has 0 aliphatic carbocycles. The Hall–Kier alpha value is -1.08. The van der Waals surface area contributed by atoms with Crippen LogP contribution in [0.5, 0.6) is 11.5 Å². The van der Waals surface area contributed by atoms with Crippen molar-refractivity contribution in [3.63, 3.8) is 0 Å². The number of carbonyl (C=O) groups excluding carboxylic acids is 1. The first-order valence-electron chi connectivity index (χ1n) is 5.79. The van der Waals surface area contributed by atoms with Crippen LogP contribution in [0, 0.1) is 3.57 Å². The smallest absolute Gasteiger partial charge is 0.198 e. The van der Waals surface area contributed by atoms with E-state index in [9.17, 15) is 4.79 Å². The van der Waals surface area contributed by atoms with Gasteiger partial charge in [0.05, 0.1) is 19.8 Å². The maximum absolute atomic E-state index is 12.7.